The van der Waals surface area contributed by atoms with Gasteiger partial charge in [-0.2, -0.15) is 0 Å². The van der Waals surface area contributed by atoms with Gasteiger partial charge >= 0.3 is 0 Å². The van der Waals surface area contributed by atoms with Crippen LogP contribution in [0, 0.1) is 0 Å². The lowest BCUT2D eigenvalue weighted by Crippen LogP contribution is -1.97. The van der Waals surface area contributed by atoms with Gasteiger partial charge in [-0.3, -0.25) is 8.97 Å². The largest absolute Gasteiger partial charge is 0.278 e. The summed E-state index contributed by atoms with van der Waals surface area (Å²) in [6, 6.07) is 18.3. The third-order valence-electron chi connectivity index (χ3n) is 3.89. The number of hydrogen-bond acceptors (Lipinski definition) is 1. The molecular formula is C19H15N3. The summed E-state index contributed by atoms with van der Waals surface area (Å²) < 4.78 is 4.25. The summed E-state index contributed by atoms with van der Waals surface area (Å²) in [5.74, 6) is 0.872. The lowest BCUT2D eigenvalue weighted by Gasteiger charge is -2.06. The molecule has 0 saturated heterocycles. The molecule has 0 bridgehead atoms. The van der Waals surface area contributed by atoms with E-state index in [1.54, 1.807) is 0 Å². The first-order valence-corrected chi connectivity index (χ1v) is 7.17. The van der Waals surface area contributed by atoms with Crippen LogP contribution < -0.4 is 0 Å². The first-order chi connectivity index (χ1) is 10.8. The highest BCUT2D eigenvalue weighted by Gasteiger charge is 2.18. The molecule has 0 aliphatic heterocycles. The van der Waals surface area contributed by atoms with Crippen LogP contribution in [0.5, 0.6) is 0 Å². The van der Waals surface area contributed by atoms with E-state index in [1.165, 1.54) is 0 Å². The van der Waals surface area contributed by atoms with Crippen molar-refractivity contribution in [2.24, 2.45) is 0 Å². The number of fused-ring (bicyclic) bond motifs is 3. The van der Waals surface area contributed by atoms with Gasteiger partial charge in [-0.15, -0.1) is 0 Å². The highest BCUT2D eigenvalue weighted by atomic mass is 15.2. The van der Waals surface area contributed by atoms with Gasteiger partial charge in [0.25, 0.3) is 0 Å². The molecule has 2 heterocycles. The SMILES string of the molecule is C=Cc1c(C=C)n2c3ccccc3nc2n1-c1ccccc1. The Hall–Kier alpha value is -3.07. The van der Waals surface area contributed by atoms with E-state index in [-0.39, 0.29) is 0 Å². The van der Waals surface area contributed by atoms with E-state index in [4.69, 9.17) is 4.98 Å². The van der Waals surface area contributed by atoms with Crippen molar-refractivity contribution in [2.75, 3.05) is 0 Å². The molecule has 2 aromatic heterocycles. The predicted octanol–water partition coefficient (Wildman–Crippen LogP) is 4.56. The van der Waals surface area contributed by atoms with Crippen LogP contribution in [0.1, 0.15) is 11.4 Å². The molecule has 106 valence electrons. The number of benzene rings is 2. The van der Waals surface area contributed by atoms with Crippen molar-refractivity contribution in [1.29, 1.82) is 0 Å². The number of rotatable bonds is 3. The van der Waals surface area contributed by atoms with E-state index in [2.05, 4.69) is 40.3 Å². The van der Waals surface area contributed by atoms with Crippen molar-refractivity contribution in [3.8, 4) is 5.69 Å². The third kappa shape index (κ3) is 1.59. The molecule has 4 rings (SSSR count). The zero-order valence-electron chi connectivity index (χ0n) is 12.1. The van der Waals surface area contributed by atoms with E-state index >= 15 is 0 Å². The molecule has 0 saturated carbocycles. The summed E-state index contributed by atoms with van der Waals surface area (Å²) in [5, 5.41) is 0. The van der Waals surface area contributed by atoms with Gasteiger partial charge in [-0.1, -0.05) is 43.5 Å². The minimum absolute atomic E-state index is 0.872. The summed E-state index contributed by atoms with van der Waals surface area (Å²) in [6.07, 6.45) is 3.71. The molecule has 0 N–H and O–H groups in total. The highest BCUT2D eigenvalue weighted by Crippen LogP contribution is 2.28. The van der Waals surface area contributed by atoms with Crippen molar-refractivity contribution in [2.45, 2.75) is 0 Å². The van der Waals surface area contributed by atoms with E-state index in [0.717, 1.165) is 33.9 Å². The van der Waals surface area contributed by atoms with Gasteiger partial charge in [0.05, 0.1) is 22.4 Å². The van der Waals surface area contributed by atoms with Gasteiger partial charge in [-0.05, 0) is 36.4 Å². The van der Waals surface area contributed by atoms with E-state index in [9.17, 15) is 0 Å². The second-order valence-corrected chi connectivity index (χ2v) is 5.09. The van der Waals surface area contributed by atoms with Crippen LogP contribution in [0.25, 0.3) is 34.7 Å². The van der Waals surface area contributed by atoms with Crippen molar-refractivity contribution in [1.82, 2.24) is 14.0 Å². The Morgan fingerprint density at radius 1 is 0.818 bits per heavy atom. The van der Waals surface area contributed by atoms with E-state index in [1.807, 2.05) is 48.6 Å². The van der Waals surface area contributed by atoms with Crippen molar-refractivity contribution in [3.05, 3.63) is 79.1 Å². The van der Waals surface area contributed by atoms with Crippen LogP contribution in [-0.2, 0) is 0 Å². The Kier molecular flexibility index (Phi) is 2.73. The molecule has 0 radical (unpaired) electrons. The predicted molar refractivity (Wildman–Crippen MR) is 92.2 cm³/mol. The van der Waals surface area contributed by atoms with Crippen LogP contribution in [0.2, 0.25) is 0 Å². The first-order valence-electron chi connectivity index (χ1n) is 7.17. The average molecular weight is 285 g/mol. The van der Waals surface area contributed by atoms with Gasteiger partial charge in [0, 0.05) is 5.69 Å². The minimum atomic E-state index is 0.872. The number of nitrogens with zero attached hydrogens (tertiary/aromatic N) is 3. The van der Waals surface area contributed by atoms with Gasteiger partial charge in [0.1, 0.15) is 0 Å². The number of para-hydroxylation sites is 3. The summed E-state index contributed by atoms with van der Waals surface area (Å²) in [4.78, 5) is 4.80. The molecule has 0 aliphatic carbocycles. The Morgan fingerprint density at radius 3 is 2.23 bits per heavy atom. The zero-order chi connectivity index (χ0) is 15.1. The average Bonchev–Trinajstić information content (AvgIpc) is 3.08. The fourth-order valence-electron chi connectivity index (χ4n) is 2.96. The van der Waals surface area contributed by atoms with E-state index in [0.29, 0.717) is 0 Å². The topological polar surface area (TPSA) is 22.2 Å². The molecule has 2 aromatic carbocycles. The molecule has 0 aliphatic rings. The van der Waals surface area contributed by atoms with Crippen molar-refractivity contribution in [3.63, 3.8) is 0 Å². The number of hydrogen-bond donors (Lipinski definition) is 0. The quantitative estimate of drug-likeness (QED) is 0.540. The van der Waals surface area contributed by atoms with Crippen molar-refractivity contribution < 1.29 is 0 Å². The Balaban J connectivity index is 2.24. The third-order valence-corrected chi connectivity index (χ3v) is 3.89. The molecule has 22 heavy (non-hydrogen) atoms. The van der Waals surface area contributed by atoms with Gasteiger partial charge in [-0.25, -0.2) is 4.98 Å². The maximum atomic E-state index is 4.80. The Bertz CT molecular complexity index is 1000. The number of imidazole rings is 2. The molecule has 0 spiro atoms. The zero-order valence-corrected chi connectivity index (χ0v) is 12.1. The minimum Gasteiger partial charge on any atom is -0.278 e. The fourth-order valence-corrected chi connectivity index (χ4v) is 2.96. The van der Waals surface area contributed by atoms with Crippen LogP contribution >= 0.6 is 0 Å². The smallest absolute Gasteiger partial charge is 0.220 e. The molecule has 0 amide bonds. The standard InChI is InChI=1S/C19H15N3/c1-3-16-17(4-2)22-18-13-9-8-12-15(18)20-19(22)21(16)14-10-6-5-7-11-14/h3-13H,1-2H2. The van der Waals surface area contributed by atoms with Crippen LogP contribution in [0.3, 0.4) is 0 Å². The lowest BCUT2D eigenvalue weighted by atomic mass is 10.2. The number of aromatic nitrogens is 3. The Labute approximate surface area is 128 Å². The summed E-state index contributed by atoms with van der Waals surface area (Å²) in [7, 11) is 0. The molecule has 0 fully saturated rings. The maximum absolute atomic E-state index is 4.80. The maximum Gasteiger partial charge on any atom is 0.220 e. The second-order valence-electron chi connectivity index (χ2n) is 5.09. The Morgan fingerprint density at radius 2 is 1.50 bits per heavy atom. The summed E-state index contributed by atoms with van der Waals surface area (Å²) in [5.41, 5.74) is 5.11. The summed E-state index contributed by atoms with van der Waals surface area (Å²) >= 11 is 0. The van der Waals surface area contributed by atoms with E-state index < -0.39 is 0 Å². The monoisotopic (exact) mass is 285 g/mol. The highest BCUT2D eigenvalue weighted by molar-refractivity contribution is 5.83. The normalized spacial score (nSPS) is 11.1. The molecule has 3 nitrogen and oxygen atoms in total. The lowest BCUT2D eigenvalue weighted by molar-refractivity contribution is 1.07. The second kappa shape index (κ2) is 4.74. The molecule has 0 atom stereocenters. The molecular weight excluding hydrogens is 270 g/mol. The first kappa shape index (κ1) is 12.7. The van der Waals surface area contributed by atoms with Crippen LogP contribution in [-0.4, -0.2) is 14.0 Å². The van der Waals surface area contributed by atoms with Crippen LogP contribution in [0.15, 0.2) is 67.8 Å². The van der Waals surface area contributed by atoms with Crippen molar-refractivity contribution >= 4 is 29.0 Å². The molecule has 0 unspecified atom stereocenters. The van der Waals surface area contributed by atoms with Gasteiger partial charge < -0.3 is 0 Å². The van der Waals surface area contributed by atoms with Crippen LogP contribution in [0.4, 0.5) is 0 Å². The van der Waals surface area contributed by atoms with Gasteiger partial charge in [0.2, 0.25) is 5.78 Å². The molecule has 3 heteroatoms. The molecule has 4 aromatic rings. The van der Waals surface area contributed by atoms with Gasteiger partial charge in [0.15, 0.2) is 0 Å². The summed E-state index contributed by atoms with van der Waals surface area (Å²) in [6.45, 7) is 7.94. The fraction of sp³-hybridized carbons (Fsp3) is 0.